The van der Waals surface area contributed by atoms with Gasteiger partial charge in [-0.2, -0.15) is 0 Å². The minimum absolute atomic E-state index is 0.241. The zero-order valence-electron chi connectivity index (χ0n) is 15.9. The van der Waals surface area contributed by atoms with Gasteiger partial charge in [-0.3, -0.25) is 0 Å². The lowest BCUT2D eigenvalue weighted by atomic mass is 9.54. The molecule has 146 valence electrons. The van der Waals surface area contributed by atoms with Crippen molar-refractivity contribution in [2.45, 2.75) is 63.8 Å². The molecule has 2 N–H and O–H groups in total. The van der Waals surface area contributed by atoms with E-state index in [2.05, 4.69) is 10.6 Å². The second kappa shape index (κ2) is 7.03. The first-order valence-electron chi connectivity index (χ1n) is 10.4. The number of nitrogens with one attached hydrogen (secondary N) is 2. The van der Waals surface area contributed by atoms with Crippen molar-refractivity contribution < 1.29 is 9.53 Å². The largest absolute Gasteiger partial charge is 0.465 e. The van der Waals surface area contributed by atoms with Gasteiger partial charge in [0.25, 0.3) is 0 Å². The first-order valence-corrected chi connectivity index (χ1v) is 11.6. The van der Waals surface area contributed by atoms with Gasteiger partial charge in [0.1, 0.15) is 5.00 Å². The summed E-state index contributed by atoms with van der Waals surface area (Å²) in [4.78, 5) is 13.7. The van der Waals surface area contributed by atoms with Crippen LogP contribution in [0.1, 0.15) is 65.7 Å². The number of esters is 1. The number of carbonyl (C=O) groups is 1. The Bertz CT molecular complexity index is 744. The molecule has 6 rings (SSSR count). The average Bonchev–Trinajstić information content (AvgIpc) is 3.01. The van der Waals surface area contributed by atoms with Crippen LogP contribution < -0.4 is 10.6 Å². The third-order valence-corrected chi connectivity index (χ3v) is 8.74. The number of hydrogen-bond donors (Lipinski definition) is 2. The maximum absolute atomic E-state index is 12.4. The van der Waals surface area contributed by atoms with E-state index in [-0.39, 0.29) is 5.97 Å². The van der Waals surface area contributed by atoms with Crippen LogP contribution in [0, 0.1) is 23.7 Å². The van der Waals surface area contributed by atoms with Gasteiger partial charge in [-0.1, -0.05) is 0 Å². The Hall–Kier alpha value is -1.14. The topological polar surface area (TPSA) is 50.4 Å². The lowest BCUT2D eigenvalue weighted by Crippen LogP contribution is -2.56. The van der Waals surface area contributed by atoms with Crippen LogP contribution >= 0.6 is 23.6 Å². The van der Waals surface area contributed by atoms with Crippen LogP contribution in [0.4, 0.5) is 5.00 Å². The average molecular weight is 405 g/mol. The number of anilines is 1. The first-order chi connectivity index (χ1) is 13.1. The van der Waals surface area contributed by atoms with Crippen molar-refractivity contribution in [2.24, 2.45) is 23.7 Å². The van der Waals surface area contributed by atoms with Crippen molar-refractivity contribution in [2.75, 3.05) is 12.4 Å². The van der Waals surface area contributed by atoms with Gasteiger partial charge >= 0.3 is 5.97 Å². The molecule has 27 heavy (non-hydrogen) atoms. The first kappa shape index (κ1) is 17.9. The Kier molecular flexibility index (Phi) is 4.67. The normalized spacial score (nSPS) is 33.4. The molecule has 0 saturated heterocycles. The molecule has 6 heteroatoms. The molecule has 5 aliphatic carbocycles. The van der Waals surface area contributed by atoms with Gasteiger partial charge in [0.2, 0.25) is 0 Å². The minimum Gasteiger partial charge on any atom is -0.465 e. The van der Waals surface area contributed by atoms with Crippen LogP contribution in [-0.2, 0) is 17.6 Å². The molecule has 1 aromatic heterocycles. The molecular weight excluding hydrogens is 376 g/mol. The molecule has 0 amide bonds. The van der Waals surface area contributed by atoms with Crippen LogP contribution in [0.2, 0.25) is 0 Å². The highest BCUT2D eigenvalue weighted by atomic mass is 32.1. The fourth-order valence-electron chi connectivity index (χ4n) is 6.42. The van der Waals surface area contributed by atoms with Crippen LogP contribution in [0.3, 0.4) is 0 Å². The molecule has 0 atom stereocenters. The third kappa shape index (κ3) is 3.19. The molecule has 4 saturated carbocycles. The summed E-state index contributed by atoms with van der Waals surface area (Å²) in [7, 11) is 1.46. The van der Waals surface area contributed by atoms with Gasteiger partial charge in [-0.05, 0) is 99.2 Å². The summed E-state index contributed by atoms with van der Waals surface area (Å²) in [6.45, 7) is 0. The van der Waals surface area contributed by atoms with E-state index in [0.29, 0.717) is 16.7 Å². The molecule has 1 heterocycles. The Morgan fingerprint density at radius 2 is 1.74 bits per heavy atom. The highest BCUT2D eigenvalue weighted by Crippen LogP contribution is 2.53. The smallest absolute Gasteiger partial charge is 0.341 e. The van der Waals surface area contributed by atoms with Crippen molar-refractivity contribution >= 4 is 39.6 Å². The van der Waals surface area contributed by atoms with Crippen molar-refractivity contribution in [1.29, 1.82) is 0 Å². The number of fused-ring (bicyclic) bond motifs is 1. The van der Waals surface area contributed by atoms with Gasteiger partial charge in [0, 0.05) is 10.9 Å². The molecule has 4 bridgehead atoms. The fourth-order valence-corrected chi connectivity index (χ4v) is 8.01. The molecular formula is C21H28N2O2S2. The Labute approximate surface area is 170 Å². The van der Waals surface area contributed by atoms with E-state index in [1.54, 1.807) is 11.3 Å². The lowest BCUT2D eigenvalue weighted by Gasteiger charge is -2.54. The molecule has 5 aliphatic rings. The summed E-state index contributed by atoms with van der Waals surface area (Å²) in [5.74, 6) is 3.23. The number of ether oxygens (including phenoxy) is 1. The predicted octanol–water partition coefficient (Wildman–Crippen LogP) is 4.52. The van der Waals surface area contributed by atoms with E-state index in [0.717, 1.165) is 47.9 Å². The second-order valence-electron chi connectivity index (χ2n) is 8.96. The summed E-state index contributed by atoms with van der Waals surface area (Å²) < 4.78 is 5.07. The Balaban J connectivity index is 1.33. The molecule has 0 unspecified atom stereocenters. The Morgan fingerprint density at radius 3 is 2.41 bits per heavy atom. The van der Waals surface area contributed by atoms with Crippen LogP contribution in [0.15, 0.2) is 0 Å². The fraction of sp³-hybridized carbons (Fsp3) is 0.714. The minimum atomic E-state index is -0.241. The van der Waals surface area contributed by atoms with Crippen LogP contribution in [0.25, 0.3) is 0 Å². The number of thiophene rings is 1. The molecule has 0 radical (unpaired) electrons. The van der Waals surface area contributed by atoms with Gasteiger partial charge in [0.15, 0.2) is 5.11 Å². The zero-order valence-corrected chi connectivity index (χ0v) is 17.5. The quantitative estimate of drug-likeness (QED) is 0.573. The van der Waals surface area contributed by atoms with E-state index in [9.17, 15) is 4.79 Å². The SMILES string of the molecule is COC(=O)c1c(NC(=S)NC2C3CC4CC(C3)CC2C4)sc2c1CCCC2. The third-order valence-electron chi connectivity index (χ3n) is 7.31. The summed E-state index contributed by atoms with van der Waals surface area (Å²) in [6, 6.07) is 0.508. The predicted molar refractivity (Wildman–Crippen MR) is 112 cm³/mol. The molecule has 0 spiro atoms. The number of hydrogen-bond acceptors (Lipinski definition) is 4. The van der Waals surface area contributed by atoms with E-state index in [1.807, 2.05) is 0 Å². The van der Waals surface area contributed by atoms with Crippen molar-refractivity contribution in [1.82, 2.24) is 5.32 Å². The lowest BCUT2D eigenvalue weighted by molar-refractivity contribution is -0.00665. The van der Waals surface area contributed by atoms with Crippen molar-refractivity contribution in [3.63, 3.8) is 0 Å². The molecule has 4 nitrogen and oxygen atoms in total. The van der Waals surface area contributed by atoms with E-state index in [4.69, 9.17) is 17.0 Å². The van der Waals surface area contributed by atoms with E-state index >= 15 is 0 Å². The van der Waals surface area contributed by atoms with Gasteiger partial charge < -0.3 is 15.4 Å². The van der Waals surface area contributed by atoms with Gasteiger partial charge in [-0.25, -0.2) is 4.79 Å². The number of carbonyl (C=O) groups excluding carboxylic acids is 1. The molecule has 0 aromatic carbocycles. The standard InChI is InChI=1S/C21H28N2O2S2/c1-25-20(24)17-15-4-2-3-5-16(15)27-19(17)23-21(26)22-18-13-7-11-6-12(9-13)10-14(18)8-11/h11-14,18H,2-10H2,1H3,(H2,22,23,26). The van der Waals surface area contributed by atoms with Crippen LogP contribution in [0.5, 0.6) is 0 Å². The second-order valence-corrected chi connectivity index (χ2v) is 10.5. The summed E-state index contributed by atoms with van der Waals surface area (Å²) in [5, 5.41) is 8.58. The number of aryl methyl sites for hydroxylation is 1. The zero-order chi connectivity index (χ0) is 18.5. The van der Waals surface area contributed by atoms with Crippen molar-refractivity contribution in [3.8, 4) is 0 Å². The maximum atomic E-state index is 12.4. The highest BCUT2D eigenvalue weighted by molar-refractivity contribution is 7.80. The maximum Gasteiger partial charge on any atom is 0.341 e. The van der Waals surface area contributed by atoms with Crippen molar-refractivity contribution in [3.05, 3.63) is 16.0 Å². The number of rotatable bonds is 3. The van der Waals surface area contributed by atoms with Gasteiger partial charge in [-0.15, -0.1) is 11.3 Å². The van der Waals surface area contributed by atoms with Gasteiger partial charge in [0.05, 0.1) is 12.7 Å². The monoisotopic (exact) mass is 404 g/mol. The molecule has 1 aromatic rings. The Morgan fingerprint density at radius 1 is 1.07 bits per heavy atom. The molecule has 4 fully saturated rings. The molecule has 0 aliphatic heterocycles. The highest BCUT2D eigenvalue weighted by Gasteiger charge is 2.48. The van der Waals surface area contributed by atoms with E-state index in [1.165, 1.54) is 56.1 Å². The van der Waals surface area contributed by atoms with E-state index < -0.39 is 0 Å². The number of thiocarbonyl (C=S) groups is 1. The van der Waals surface area contributed by atoms with Crippen LogP contribution in [-0.4, -0.2) is 24.2 Å². The summed E-state index contributed by atoms with van der Waals surface area (Å²) in [6.07, 6.45) is 11.3. The summed E-state index contributed by atoms with van der Waals surface area (Å²) >= 11 is 7.38. The number of methoxy groups -OCH3 is 1. The summed E-state index contributed by atoms with van der Waals surface area (Å²) in [5.41, 5.74) is 1.89.